The van der Waals surface area contributed by atoms with Crippen LogP contribution in [0.25, 0.3) is 0 Å². The monoisotopic (exact) mass is 333 g/mol. The maximum Gasteiger partial charge on any atom is 0.0706 e. The molecule has 0 spiro atoms. The molecule has 1 aromatic rings. The van der Waals surface area contributed by atoms with E-state index in [9.17, 15) is 0 Å². The Labute approximate surface area is 145 Å². The fourth-order valence-corrected chi connectivity index (χ4v) is 3.60. The summed E-state index contributed by atoms with van der Waals surface area (Å²) in [6.07, 6.45) is 7.09. The molecular formula is C19H31N3O2. The standard InChI is InChI=1S/C19H31N3O2/c1-21(2)14-16-4-5-17(20-13-16)12-18-6-7-19(24-18)15-22-8-3-10-23-11-9-22/h4-5,13,18-19H,3,6-12,14-15H2,1-2H3/t18-,19+/m0/s1. The minimum atomic E-state index is 0.324. The second kappa shape index (κ2) is 8.90. The van der Waals surface area contributed by atoms with E-state index in [1.165, 1.54) is 12.0 Å². The molecule has 3 heterocycles. The maximum atomic E-state index is 6.27. The lowest BCUT2D eigenvalue weighted by atomic mass is 10.1. The quantitative estimate of drug-likeness (QED) is 0.795. The molecule has 2 aliphatic rings. The molecule has 1 aromatic heterocycles. The van der Waals surface area contributed by atoms with E-state index in [0.29, 0.717) is 12.2 Å². The van der Waals surface area contributed by atoms with Crippen LogP contribution in [-0.4, -0.2) is 73.9 Å². The van der Waals surface area contributed by atoms with Crippen molar-refractivity contribution in [2.45, 2.75) is 44.4 Å². The lowest BCUT2D eigenvalue weighted by Gasteiger charge is -2.23. The molecule has 5 heteroatoms. The van der Waals surface area contributed by atoms with Crippen LogP contribution in [0.1, 0.15) is 30.5 Å². The summed E-state index contributed by atoms with van der Waals surface area (Å²) in [6, 6.07) is 4.34. The van der Waals surface area contributed by atoms with Crippen molar-refractivity contribution in [3.8, 4) is 0 Å². The Morgan fingerprint density at radius 1 is 1.17 bits per heavy atom. The van der Waals surface area contributed by atoms with Crippen molar-refractivity contribution in [2.75, 3.05) is 46.9 Å². The number of ether oxygens (including phenoxy) is 2. The molecular weight excluding hydrogens is 302 g/mol. The highest BCUT2D eigenvalue weighted by Crippen LogP contribution is 2.23. The van der Waals surface area contributed by atoms with Crippen molar-refractivity contribution >= 4 is 0 Å². The van der Waals surface area contributed by atoms with Crippen LogP contribution >= 0.6 is 0 Å². The molecule has 0 bridgehead atoms. The number of hydrogen-bond acceptors (Lipinski definition) is 5. The van der Waals surface area contributed by atoms with Crippen LogP contribution in [0.15, 0.2) is 18.3 Å². The zero-order valence-corrected chi connectivity index (χ0v) is 15.1. The van der Waals surface area contributed by atoms with Crippen molar-refractivity contribution in [3.63, 3.8) is 0 Å². The number of hydrogen-bond donors (Lipinski definition) is 0. The summed E-state index contributed by atoms with van der Waals surface area (Å²) < 4.78 is 11.8. The van der Waals surface area contributed by atoms with E-state index in [4.69, 9.17) is 9.47 Å². The lowest BCUT2D eigenvalue weighted by Crippen LogP contribution is -2.34. The van der Waals surface area contributed by atoms with E-state index in [1.807, 2.05) is 6.20 Å². The zero-order chi connectivity index (χ0) is 16.8. The van der Waals surface area contributed by atoms with Crippen LogP contribution in [-0.2, 0) is 22.4 Å². The fraction of sp³-hybridized carbons (Fsp3) is 0.737. The van der Waals surface area contributed by atoms with Gasteiger partial charge in [-0.25, -0.2) is 0 Å². The minimum absolute atomic E-state index is 0.324. The third-order valence-corrected chi connectivity index (χ3v) is 4.79. The van der Waals surface area contributed by atoms with Gasteiger partial charge in [0.15, 0.2) is 0 Å². The summed E-state index contributed by atoms with van der Waals surface area (Å²) in [6.45, 7) is 5.93. The van der Waals surface area contributed by atoms with E-state index in [0.717, 1.165) is 64.3 Å². The van der Waals surface area contributed by atoms with Gasteiger partial charge >= 0.3 is 0 Å². The Bertz CT molecular complexity index is 484. The van der Waals surface area contributed by atoms with Gasteiger partial charge in [0.05, 0.1) is 18.8 Å². The Morgan fingerprint density at radius 2 is 2.04 bits per heavy atom. The largest absolute Gasteiger partial charge is 0.380 e. The molecule has 0 aliphatic carbocycles. The zero-order valence-electron chi connectivity index (χ0n) is 15.1. The first-order valence-corrected chi connectivity index (χ1v) is 9.23. The van der Waals surface area contributed by atoms with E-state index in [2.05, 4.69) is 41.0 Å². The average molecular weight is 333 g/mol. The summed E-state index contributed by atoms with van der Waals surface area (Å²) in [5, 5.41) is 0. The lowest BCUT2D eigenvalue weighted by molar-refractivity contribution is 0.0224. The van der Waals surface area contributed by atoms with Crippen LogP contribution in [0, 0.1) is 0 Å². The molecule has 0 aromatic carbocycles. The highest BCUT2D eigenvalue weighted by atomic mass is 16.5. The van der Waals surface area contributed by atoms with Gasteiger partial charge in [-0.1, -0.05) is 6.07 Å². The van der Waals surface area contributed by atoms with E-state index >= 15 is 0 Å². The first-order valence-electron chi connectivity index (χ1n) is 9.23. The van der Waals surface area contributed by atoms with Gasteiger partial charge in [0, 0.05) is 51.1 Å². The highest BCUT2D eigenvalue weighted by Gasteiger charge is 2.27. The van der Waals surface area contributed by atoms with Crippen molar-refractivity contribution in [2.24, 2.45) is 0 Å². The van der Waals surface area contributed by atoms with Crippen LogP contribution in [0.4, 0.5) is 0 Å². The summed E-state index contributed by atoms with van der Waals surface area (Å²) in [5.74, 6) is 0. The van der Waals surface area contributed by atoms with Crippen molar-refractivity contribution in [1.82, 2.24) is 14.8 Å². The summed E-state index contributed by atoms with van der Waals surface area (Å²) in [7, 11) is 4.16. The van der Waals surface area contributed by atoms with Gasteiger partial charge in [0.1, 0.15) is 0 Å². The molecule has 2 atom stereocenters. The molecule has 0 N–H and O–H groups in total. The molecule has 0 amide bonds. The molecule has 24 heavy (non-hydrogen) atoms. The molecule has 0 unspecified atom stereocenters. The smallest absolute Gasteiger partial charge is 0.0706 e. The predicted molar refractivity (Wildman–Crippen MR) is 95.1 cm³/mol. The second-order valence-corrected chi connectivity index (χ2v) is 7.32. The summed E-state index contributed by atoms with van der Waals surface area (Å²) >= 11 is 0. The minimum Gasteiger partial charge on any atom is -0.380 e. The fourth-order valence-electron chi connectivity index (χ4n) is 3.60. The summed E-state index contributed by atoms with van der Waals surface area (Å²) in [5.41, 5.74) is 2.41. The number of rotatable bonds is 6. The normalized spacial score (nSPS) is 26.0. The maximum absolute atomic E-state index is 6.27. The number of aromatic nitrogens is 1. The molecule has 2 saturated heterocycles. The third-order valence-electron chi connectivity index (χ3n) is 4.79. The Hall–Kier alpha value is -1.01. The Kier molecular flexibility index (Phi) is 6.60. The van der Waals surface area contributed by atoms with Crippen LogP contribution in [0.2, 0.25) is 0 Å². The van der Waals surface area contributed by atoms with Crippen LogP contribution < -0.4 is 0 Å². The van der Waals surface area contributed by atoms with E-state index < -0.39 is 0 Å². The van der Waals surface area contributed by atoms with Gasteiger partial charge in [0.2, 0.25) is 0 Å². The second-order valence-electron chi connectivity index (χ2n) is 7.32. The number of pyridine rings is 1. The molecule has 0 saturated carbocycles. The number of nitrogens with zero attached hydrogens (tertiary/aromatic N) is 3. The third kappa shape index (κ3) is 5.52. The van der Waals surface area contributed by atoms with Crippen molar-refractivity contribution in [3.05, 3.63) is 29.6 Å². The average Bonchev–Trinajstić information content (AvgIpc) is 2.82. The topological polar surface area (TPSA) is 37.8 Å². The van der Waals surface area contributed by atoms with E-state index in [-0.39, 0.29) is 0 Å². The van der Waals surface area contributed by atoms with E-state index in [1.54, 1.807) is 0 Å². The first-order chi connectivity index (χ1) is 11.7. The Morgan fingerprint density at radius 3 is 2.83 bits per heavy atom. The molecule has 3 rings (SSSR count). The van der Waals surface area contributed by atoms with Crippen LogP contribution in [0.3, 0.4) is 0 Å². The van der Waals surface area contributed by atoms with Gasteiger partial charge in [-0.05, 0) is 45.0 Å². The van der Waals surface area contributed by atoms with Gasteiger partial charge in [0.25, 0.3) is 0 Å². The van der Waals surface area contributed by atoms with Gasteiger partial charge in [-0.3, -0.25) is 9.88 Å². The van der Waals surface area contributed by atoms with Gasteiger partial charge in [-0.15, -0.1) is 0 Å². The molecule has 2 fully saturated rings. The van der Waals surface area contributed by atoms with Crippen molar-refractivity contribution < 1.29 is 9.47 Å². The highest BCUT2D eigenvalue weighted by molar-refractivity contribution is 5.14. The van der Waals surface area contributed by atoms with Crippen LogP contribution in [0.5, 0.6) is 0 Å². The van der Waals surface area contributed by atoms with Gasteiger partial charge < -0.3 is 14.4 Å². The molecule has 2 aliphatic heterocycles. The molecule has 134 valence electrons. The van der Waals surface area contributed by atoms with Crippen molar-refractivity contribution in [1.29, 1.82) is 0 Å². The summed E-state index contributed by atoms with van der Waals surface area (Å²) in [4.78, 5) is 9.27. The van der Waals surface area contributed by atoms with Gasteiger partial charge in [-0.2, -0.15) is 0 Å². The molecule has 0 radical (unpaired) electrons. The SMILES string of the molecule is CN(C)Cc1ccc(C[C@@H]2CC[C@H](CN3CCCOCC3)O2)nc1. The first kappa shape index (κ1) is 17.8. The Balaban J connectivity index is 1.43. The molecule has 5 nitrogen and oxygen atoms in total. The predicted octanol–water partition coefficient (Wildman–Crippen LogP) is 1.96.